The normalized spacial score (nSPS) is 21.7. The zero-order valence-electron chi connectivity index (χ0n) is 11.8. The minimum atomic E-state index is -0.962. The maximum absolute atomic E-state index is 12.2. The molecule has 0 unspecified atom stereocenters. The van der Waals surface area contributed by atoms with Crippen molar-refractivity contribution in [3.05, 3.63) is 21.3 Å². The largest absolute Gasteiger partial charge is 0.481 e. The molecular weight excluding hydrogens is 314 g/mol. The number of ether oxygens (including phenoxy) is 1. The highest BCUT2D eigenvalue weighted by molar-refractivity contribution is 7.10. The summed E-state index contributed by atoms with van der Waals surface area (Å²) in [5, 5.41) is 11.9. The Labute approximate surface area is 132 Å². The number of hydrogen-bond donors (Lipinski definition) is 1. The summed E-state index contributed by atoms with van der Waals surface area (Å²) in [6, 6.07) is 1.86. The van der Waals surface area contributed by atoms with Crippen LogP contribution in [-0.2, 0) is 20.7 Å². The second-order valence-electron chi connectivity index (χ2n) is 5.32. The third kappa shape index (κ3) is 3.75. The number of carboxylic acids is 1. The quantitative estimate of drug-likeness (QED) is 0.868. The van der Waals surface area contributed by atoms with Gasteiger partial charge in [0.2, 0.25) is 5.91 Å². The van der Waals surface area contributed by atoms with Crippen molar-refractivity contribution in [1.82, 2.24) is 4.90 Å². The summed E-state index contributed by atoms with van der Waals surface area (Å²) in [6.45, 7) is 0.826. The zero-order valence-corrected chi connectivity index (χ0v) is 13.4. The number of rotatable bonds is 6. The van der Waals surface area contributed by atoms with Crippen LogP contribution in [0.5, 0.6) is 0 Å². The van der Waals surface area contributed by atoms with Gasteiger partial charge in [0, 0.05) is 36.9 Å². The number of amides is 1. The second-order valence-corrected chi connectivity index (χ2v) is 6.75. The number of carbonyl (C=O) groups excluding carboxylic acids is 1. The van der Waals surface area contributed by atoms with Gasteiger partial charge in [-0.1, -0.05) is 11.6 Å². The van der Waals surface area contributed by atoms with Gasteiger partial charge in [0.1, 0.15) is 5.41 Å². The number of halogens is 1. The number of thiophene rings is 1. The summed E-state index contributed by atoms with van der Waals surface area (Å²) in [7, 11) is 1.48. The van der Waals surface area contributed by atoms with Gasteiger partial charge in [-0.05, 0) is 18.9 Å². The molecule has 1 saturated heterocycles. The molecule has 1 aliphatic heterocycles. The van der Waals surface area contributed by atoms with E-state index in [4.69, 9.17) is 16.3 Å². The van der Waals surface area contributed by atoms with Gasteiger partial charge >= 0.3 is 5.97 Å². The van der Waals surface area contributed by atoms with Gasteiger partial charge in [-0.25, -0.2) is 0 Å². The van der Waals surface area contributed by atoms with Crippen molar-refractivity contribution < 1.29 is 19.4 Å². The molecule has 1 N–H and O–H groups in total. The Morgan fingerprint density at radius 1 is 1.57 bits per heavy atom. The van der Waals surface area contributed by atoms with Gasteiger partial charge in [0.05, 0.1) is 11.6 Å². The van der Waals surface area contributed by atoms with Crippen LogP contribution in [-0.4, -0.2) is 48.7 Å². The van der Waals surface area contributed by atoms with Gasteiger partial charge < -0.3 is 14.7 Å². The van der Waals surface area contributed by atoms with Crippen LogP contribution in [0.3, 0.4) is 0 Å². The van der Waals surface area contributed by atoms with Crippen LogP contribution in [0.2, 0.25) is 5.02 Å². The minimum Gasteiger partial charge on any atom is -0.481 e. The lowest BCUT2D eigenvalue weighted by Crippen LogP contribution is -2.40. The minimum absolute atomic E-state index is 0.0150. The average Bonchev–Trinajstić information content (AvgIpc) is 3.04. The highest BCUT2D eigenvalue weighted by atomic mass is 35.5. The first-order valence-corrected chi connectivity index (χ1v) is 7.96. The number of hydrogen-bond acceptors (Lipinski definition) is 4. The van der Waals surface area contributed by atoms with Crippen molar-refractivity contribution in [2.24, 2.45) is 5.41 Å². The Hall–Kier alpha value is -1.11. The number of carboxylic acid groups (broad SMARTS) is 1. The van der Waals surface area contributed by atoms with Crippen LogP contribution >= 0.6 is 22.9 Å². The van der Waals surface area contributed by atoms with Gasteiger partial charge in [-0.15, -0.1) is 11.3 Å². The number of aliphatic carboxylic acids is 1. The summed E-state index contributed by atoms with van der Waals surface area (Å²) < 4.78 is 5.02. The van der Waals surface area contributed by atoms with E-state index in [-0.39, 0.29) is 19.1 Å². The molecule has 1 aliphatic rings. The van der Waals surface area contributed by atoms with Gasteiger partial charge in [0.15, 0.2) is 0 Å². The highest BCUT2D eigenvalue weighted by Gasteiger charge is 2.46. The molecule has 7 heteroatoms. The van der Waals surface area contributed by atoms with E-state index < -0.39 is 11.4 Å². The van der Waals surface area contributed by atoms with Crippen molar-refractivity contribution in [3.8, 4) is 0 Å². The van der Waals surface area contributed by atoms with Crippen molar-refractivity contribution >= 4 is 34.8 Å². The van der Waals surface area contributed by atoms with E-state index in [0.29, 0.717) is 30.8 Å². The average molecular weight is 332 g/mol. The van der Waals surface area contributed by atoms with Crippen LogP contribution in [0.15, 0.2) is 11.4 Å². The molecule has 0 radical (unpaired) electrons. The predicted molar refractivity (Wildman–Crippen MR) is 80.8 cm³/mol. The molecule has 0 bridgehead atoms. The molecule has 1 amide bonds. The molecule has 21 heavy (non-hydrogen) atoms. The predicted octanol–water partition coefficient (Wildman–Crippen LogP) is 2.28. The maximum atomic E-state index is 12.2. The van der Waals surface area contributed by atoms with Gasteiger partial charge in [-0.2, -0.15) is 0 Å². The summed E-state index contributed by atoms with van der Waals surface area (Å²) in [5.74, 6) is -0.913. The fourth-order valence-electron chi connectivity index (χ4n) is 2.59. The molecule has 1 aromatic rings. The Morgan fingerprint density at radius 2 is 2.33 bits per heavy atom. The standard InChI is InChI=1S/C14H18ClNO4S/c1-20-9-14(13(18)19)4-5-16(8-14)12(17)3-2-11-6-10(15)7-21-11/h6-7H,2-5,8-9H2,1H3,(H,18,19)/t14-/m0/s1. The Bertz CT molecular complexity index is 533. The van der Waals surface area contributed by atoms with E-state index in [9.17, 15) is 14.7 Å². The lowest BCUT2D eigenvalue weighted by Gasteiger charge is -2.23. The molecule has 1 fully saturated rings. The third-order valence-corrected chi connectivity index (χ3v) is 5.13. The topological polar surface area (TPSA) is 66.8 Å². The molecule has 5 nitrogen and oxygen atoms in total. The summed E-state index contributed by atoms with van der Waals surface area (Å²) in [6.07, 6.45) is 1.45. The summed E-state index contributed by atoms with van der Waals surface area (Å²) in [5.41, 5.74) is -0.962. The first-order valence-electron chi connectivity index (χ1n) is 6.70. The molecule has 2 heterocycles. The van der Waals surface area contributed by atoms with Crippen LogP contribution in [0.25, 0.3) is 0 Å². The molecule has 1 aromatic heterocycles. The van der Waals surface area contributed by atoms with Crippen molar-refractivity contribution in [1.29, 1.82) is 0 Å². The number of methoxy groups -OCH3 is 1. The molecule has 0 saturated carbocycles. The van der Waals surface area contributed by atoms with Crippen LogP contribution in [0.4, 0.5) is 0 Å². The number of likely N-dealkylation sites (tertiary alicyclic amines) is 1. The first-order chi connectivity index (χ1) is 9.97. The fraction of sp³-hybridized carbons (Fsp3) is 0.571. The highest BCUT2D eigenvalue weighted by Crippen LogP contribution is 2.32. The van der Waals surface area contributed by atoms with Gasteiger partial charge in [0.25, 0.3) is 0 Å². The van der Waals surface area contributed by atoms with Crippen molar-refractivity contribution in [3.63, 3.8) is 0 Å². The number of nitrogens with zero attached hydrogens (tertiary/aromatic N) is 1. The lowest BCUT2D eigenvalue weighted by atomic mass is 9.88. The monoisotopic (exact) mass is 331 g/mol. The first kappa shape index (κ1) is 16.3. The fourth-order valence-corrected chi connectivity index (χ4v) is 3.67. The number of aryl methyl sites for hydroxylation is 1. The van der Waals surface area contributed by atoms with Crippen LogP contribution < -0.4 is 0 Å². The molecule has 116 valence electrons. The lowest BCUT2D eigenvalue weighted by molar-refractivity contribution is -0.151. The van der Waals surface area contributed by atoms with E-state index in [0.717, 1.165) is 4.88 Å². The number of carbonyl (C=O) groups is 2. The molecule has 0 aromatic carbocycles. The molecule has 2 rings (SSSR count). The Morgan fingerprint density at radius 3 is 2.90 bits per heavy atom. The molecular formula is C14H18ClNO4S. The SMILES string of the molecule is COC[C@]1(C(=O)O)CCN(C(=O)CCc2cc(Cl)cs2)C1. The smallest absolute Gasteiger partial charge is 0.313 e. The van der Waals surface area contributed by atoms with Crippen molar-refractivity contribution in [2.45, 2.75) is 19.3 Å². The summed E-state index contributed by atoms with van der Waals surface area (Å²) >= 11 is 7.38. The van der Waals surface area contributed by atoms with E-state index in [1.54, 1.807) is 4.90 Å². The van der Waals surface area contributed by atoms with Gasteiger partial charge in [-0.3, -0.25) is 9.59 Å². The molecule has 0 aliphatic carbocycles. The molecule has 1 atom stereocenters. The van der Waals surface area contributed by atoms with Crippen molar-refractivity contribution in [2.75, 3.05) is 26.8 Å². The van der Waals surface area contributed by atoms with Crippen LogP contribution in [0, 0.1) is 5.41 Å². The van der Waals surface area contributed by atoms with E-state index in [1.165, 1.54) is 18.4 Å². The third-order valence-electron chi connectivity index (χ3n) is 3.79. The van der Waals surface area contributed by atoms with E-state index in [2.05, 4.69) is 0 Å². The Kier molecular flexibility index (Phi) is 5.24. The van der Waals surface area contributed by atoms with E-state index in [1.807, 2.05) is 11.4 Å². The second kappa shape index (κ2) is 6.77. The maximum Gasteiger partial charge on any atom is 0.313 e. The summed E-state index contributed by atoms with van der Waals surface area (Å²) in [4.78, 5) is 26.3. The van der Waals surface area contributed by atoms with E-state index >= 15 is 0 Å². The Balaban J connectivity index is 1.91. The molecule has 0 spiro atoms. The zero-order chi connectivity index (χ0) is 15.5. The van der Waals surface area contributed by atoms with Crippen LogP contribution in [0.1, 0.15) is 17.7 Å².